The summed E-state index contributed by atoms with van der Waals surface area (Å²) in [4.78, 5) is 4.43. The van der Waals surface area contributed by atoms with Gasteiger partial charge in [0.05, 0.1) is 33.0 Å². The smallest absolute Gasteiger partial charge is 0.191 e. The van der Waals surface area contributed by atoms with Crippen molar-refractivity contribution in [3.05, 3.63) is 0 Å². The lowest BCUT2D eigenvalue weighted by molar-refractivity contribution is 0.0748. The molecule has 2 N–H and O–H groups in total. The van der Waals surface area contributed by atoms with Crippen LogP contribution in [0, 0.1) is 5.92 Å². The topological polar surface area (TPSA) is 64.1 Å². The van der Waals surface area contributed by atoms with Crippen molar-refractivity contribution < 1.29 is 14.2 Å². The third kappa shape index (κ3) is 17.9. The molecule has 134 valence electrons. The van der Waals surface area contributed by atoms with E-state index in [1.54, 1.807) is 7.11 Å². The van der Waals surface area contributed by atoms with Gasteiger partial charge in [-0.25, -0.2) is 0 Å². The normalized spacial score (nSPS) is 11.4. The van der Waals surface area contributed by atoms with E-state index in [0.717, 1.165) is 32.1 Å². The molecule has 0 heterocycles. The molecule has 0 bridgehead atoms. The SMILES string of the molecule is CCNC(=NCCOCCOC)NCCOCCC(C)C.I. The summed E-state index contributed by atoms with van der Waals surface area (Å²) in [5.41, 5.74) is 0. The van der Waals surface area contributed by atoms with Crippen LogP contribution in [0.15, 0.2) is 4.99 Å². The maximum Gasteiger partial charge on any atom is 0.191 e. The Labute approximate surface area is 152 Å². The lowest BCUT2D eigenvalue weighted by Crippen LogP contribution is -2.39. The molecule has 0 saturated carbocycles. The van der Waals surface area contributed by atoms with Gasteiger partial charge in [-0.3, -0.25) is 4.99 Å². The van der Waals surface area contributed by atoms with Crippen LogP contribution in [0.3, 0.4) is 0 Å². The summed E-state index contributed by atoms with van der Waals surface area (Å²) in [6, 6.07) is 0. The van der Waals surface area contributed by atoms with Crippen molar-refractivity contribution in [2.75, 3.05) is 59.8 Å². The summed E-state index contributed by atoms with van der Waals surface area (Å²) in [5.74, 6) is 1.50. The number of nitrogens with zero attached hydrogens (tertiary/aromatic N) is 1. The molecule has 0 amide bonds. The molecule has 22 heavy (non-hydrogen) atoms. The monoisotopic (exact) mass is 431 g/mol. The van der Waals surface area contributed by atoms with E-state index >= 15 is 0 Å². The molecule has 0 aromatic rings. The van der Waals surface area contributed by atoms with Crippen LogP contribution in [0.25, 0.3) is 0 Å². The molecule has 7 heteroatoms. The van der Waals surface area contributed by atoms with Gasteiger partial charge in [0.15, 0.2) is 5.96 Å². The van der Waals surface area contributed by atoms with Crippen molar-refractivity contribution in [3.8, 4) is 0 Å². The zero-order valence-electron chi connectivity index (χ0n) is 14.5. The number of halogens is 1. The second-order valence-electron chi connectivity index (χ2n) is 5.09. The van der Waals surface area contributed by atoms with E-state index in [2.05, 4.69) is 29.5 Å². The van der Waals surface area contributed by atoms with Crippen LogP contribution in [0.4, 0.5) is 0 Å². The molecule has 0 saturated heterocycles. The lowest BCUT2D eigenvalue weighted by atomic mass is 10.1. The molecule has 0 aromatic heterocycles. The molecular weight excluding hydrogens is 397 g/mol. The Balaban J connectivity index is 0. The van der Waals surface area contributed by atoms with Gasteiger partial charge in [0, 0.05) is 26.8 Å². The second kappa shape index (κ2) is 18.9. The highest BCUT2D eigenvalue weighted by Gasteiger charge is 1.97. The van der Waals surface area contributed by atoms with E-state index in [4.69, 9.17) is 14.2 Å². The van der Waals surface area contributed by atoms with Gasteiger partial charge in [0.25, 0.3) is 0 Å². The largest absolute Gasteiger partial charge is 0.382 e. The Bertz CT molecular complexity index is 254. The Hall–Kier alpha value is -0.120. The number of aliphatic imine (C=N–C) groups is 1. The van der Waals surface area contributed by atoms with Crippen LogP contribution < -0.4 is 10.6 Å². The standard InChI is InChI=1S/C15H33N3O3.HI/c1-5-16-15(18-8-11-21-13-12-19-4)17-7-10-20-9-6-14(2)3;/h14H,5-13H2,1-4H3,(H2,16,17,18);1H. The first-order chi connectivity index (χ1) is 10.2. The number of nitrogens with one attached hydrogen (secondary N) is 2. The maximum atomic E-state index is 5.56. The van der Waals surface area contributed by atoms with Crippen molar-refractivity contribution in [2.45, 2.75) is 27.2 Å². The number of methoxy groups -OCH3 is 1. The van der Waals surface area contributed by atoms with Crippen molar-refractivity contribution in [2.24, 2.45) is 10.9 Å². The van der Waals surface area contributed by atoms with Crippen LogP contribution in [0.5, 0.6) is 0 Å². The molecule has 0 radical (unpaired) electrons. The highest BCUT2D eigenvalue weighted by Crippen LogP contribution is 1.98. The molecule has 0 atom stereocenters. The average molecular weight is 431 g/mol. The van der Waals surface area contributed by atoms with Gasteiger partial charge in [0.1, 0.15) is 0 Å². The van der Waals surface area contributed by atoms with E-state index < -0.39 is 0 Å². The maximum absolute atomic E-state index is 5.56. The molecule has 0 aliphatic rings. The summed E-state index contributed by atoms with van der Waals surface area (Å²) in [6.45, 7) is 12.0. The quantitative estimate of drug-likeness (QED) is 0.202. The zero-order valence-corrected chi connectivity index (χ0v) is 16.9. The fourth-order valence-electron chi connectivity index (χ4n) is 1.47. The first-order valence-corrected chi connectivity index (χ1v) is 7.87. The van der Waals surface area contributed by atoms with Crippen molar-refractivity contribution >= 4 is 29.9 Å². The van der Waals surface area contributed by atoms with E-state index in [1.165, 1.54) is 0 Å². The molecular formula is C15H34IN3O3. The summed E-state index contributed by atoms with van der Waals surface area (Å²) in [7, 11) is 1.66. The van der Waals surface area contributed by atoms with Gasteiger partial charge in [-0.1, -0.05) is 13.8 Å². The highest BCUT2D eigenvalue weighted by atomic mass is 127. The highest BCUT2D eigenvalue weighted by molar-refractivity contribution is 14.0. The molecule has 0 fully saturated rings. The minimum Gasteiger partial charge on any atom is -0.382 e. The van der Waals surface area contributed by atoms with E-state index in [0.29, 0.717) is 38.9 Å². The minimum absolute atomic E-state index is 0. The second-order valence-corrected chi connectivity index (χ2v) is 5.09. The molecule has 0 unspecified atom stereocenters. The first kappa shape index (κ1) is 24.1. The average Bonchev–Trinajstić information content (AvgIpc) is 2.45. The van der Waals surface area contributed by atoms with Gasteiger partial charge in [0.2, 0.25) is 0 Å². The lowest BCUT2D eigenvalue weighted by Gasteiger charge is -2.12. The molecule has 0 aliphatic carbocycles. The van der Waals surface area contributed by atoms with Crippen LogP contribution in [-0.4, -0.2) is 65.7 Å². The Morgan fingerprint density at radius 3 is 2.36 bits per heavy atom. The van der Waals surface area contributed by atoms with Crippen molar-refractivity contribution in [3.63, 3.8) is 0 Å². The van der Waals surface area contributed by atoms with Crippen LogP contribution in [-0.2, 0) is 14.2 Å². The van der Waals surface area contributed by atoms with Crippen LogP contribution in [0.1, 0.15) is 27.2 Å². The van der Waals surface area contributed by atoms with Gasteiger partial charge in [-0.15, -0.1) is 24.0 Å². The number of hydrogen-bond donors (Lipinski definition) is 2. The number of hydrogen-bond acceptors (Lipinski definition) is 4. The number of guanidine groups is 1. The third-order valence-electron chi connectivity index (χ3n) is 2.66. The molecule has 0 aliphatic heterocycles. The number of rotatable bonds is 13. The van der Waals surface area contributed by atoms with Gasteiger partial charge in [-0.2, -0.15) is 0 Å². The fraction of sp³-hybridized carbons (Fsp3) is 0.933. The van der Waals surface area contributed by atoms with Gasteiger partial charge >= 0.3 is 0 Å². The van der Waals surface area contributed by atoms with Crippen molar-refractivity contribution in [1.29, 1.82) is 0 Å². The first-order valence-electron chi connectivity index (χ1n) is 7.87. The summed E-state index contributed by atoms with van der Waals surface area (Å²) < 4.78 is 15.8. The van der Waals surface area contributed by atoms with E-state index in [1.807, 2.05) is 6.92 Å². The molecule has 6 nitrogen and oxygen atoms in total. The Kier molecular flexibility index (Phi) is 20.8. The third-order valence-corrected chi connectivity index (χ3v) is 2.66. The summed E-state index contributed by atoms with van der Waals surface area (Å²) >= 11 is 0. The van der Waals surface area contributed by atoms with Crippen molar-refractivity contribution in [1.82, 2.24) is 10.6 Å². The van der Waals surface area contributed by atoms with E-state index in [-0.39, 0.29) is 24.0 Å². The molecule has 0 rings (SSSR count). The Morgan fingerprint density at radius 2 is 1.73 bits per heavy atom. The van der Waals surface area contributed by atoms with Gasteiger partial charge in [-0.05, 0) is 19.3 Å². The molecule has 0 aromatic carbocycles. The van der Waals surface area contributed by atoms with Crippen LogP contribution >= 0.6 is 24.0 Å². The minimum atomic E-state index is 0. The van der Waals surface area contributed by atoms with Gasteiger partial charge < -0.3 is 24.8 Å². The summed E-state index contributed by atoms with van der Waals surface area (Å²) in [5, 5.41) is 6.44. The molecule has 0 spiro atoms. The predicted molar refractivity (Wildman–Crippen MR) is 102 cm³/mol. The predicted octanol–water partition coefficient (Wildman–Crippen LogP) is 1.89. The Morgan fingerprint density at radius 1 is 1.00 bits per heavy atom. The fourth-order valence-corrected chi connectivity index (χ4v) is 1.47. The summed E-state index contributed by atoms with van der Waals surface area (Å²) in [6.07, 6.45) is 1.10. The van der Waals surface area contributed by atoms with E-state index in [9.17, 15) is 0 Å². The van der Waals surface area contributed by atoms with Crippen LogP contribution in [0.2, 0.25) is 0 Å². The number of ether oxygens (including phenoxy) is 3. The zero-order chi connectivity index (χ0) is 15.8.